The molecule has 2 heterocycles. The van der Waals surface area contributed by atoms with Gasteiger partial charge in [-0.25, -0.2) is 0 Å². The van der Waals surface area contributed by atoms with Crippen molar-refractivity contribution in [1.82, 2.24) is 5.32 Å². The van der Waals surface area contributed by atoms with Crippen LogP contribution in [0.4, 0.5) is 0 Å². The summed E-state index contributed by atoms with van der Waals surface area (Å²) in [5.74, 6) is 2.88. The highest BCUT2D eigenvalue weighted by atomic mass is 16.6. The summed E-state index contributed by atoms with van der Waals surface area (Å²) in [7, 11) is 0. The highest BCUT2D eigenvalue weighted by Gasteiger charge is 2.23. The van der Waals surface area contributed by atoms with Crippen molar-refractivity contribution in [1.29, 1.82) is 0 Å². The zero-order valence-corrected chi connectivity index (χ0v) is 11.9. The molecular formula is C17H19NO3. The number of benzene rings is 1. The van der Waals surface area contributed by atoms with Gasteiger partial charge in [-0.15, -0.1) is 0 Å². The average molecular weight is 285 g/mol. The number of ether oxygens (including phenoxy) is 2. The van der Waals surface area contributed by atoms with E-state index in [4.69, 9.17) is 13.9 Å². The van der Waals surface area contributed by atoms with Gasteiger partial charge in [-0.2, -0.15) is 0 Å². The molecule has 1 aromatic carbocycles. The Morgan fingerprint density at radius 2 is 2.10 bits per heavy atom. The number of hydrogen-bond acceptors (Lipinski definition) is 4. The lowest BCUT2D eigenvalue weighted by atomic mass is 9.93. The minimum atomic E-state index is 0.368. The van der Waals surface area contributed by atoms with Crippen LogP contribution in [0, 0.1) is 0 Å². The van der Waals surface area contributed by atoms with Crippen LogP contribution in [0.25, 0.3) is 0 Å². The summed E-state index contributed by atoms with van der Waals surface area (Å²) >= 11 is 0. The van der Waals surface area contributed by atoms with E-state index in [-0.39, 0.29) is 0 Å². The van der Waals surface area contributed by atoms with Crippen LogP contribution in [0.2, 0.25) is 0 Å². The van der Waals surface area contributed by atoms with Crippen LogP contribution in [0.5, 0.6) is 11.5 Å². The molecule has 0 saturated heterocycles. The van der Waals surface area contributed by atoms with E-state index < -0.39 is 0 Å². The zero-order chi connectivity index (χ0) is 14.1. The Morgan fingerprint density at radius 3 is 3.10 bits per heavy atom. The fourth-order valence-corrected chi connectivity index (χ4v) is 3.20. The number of para-hydroxylation sites is 1. The lowest BCUT2D eigenvalue weighted by Crippen LogP contribution is -2.25. The number of aryl methyl sites for hydroxylation is 1. The smallest absolute Gasteiger partial charge is 0.165 e. The zero-order valence-electron chi connectivity index (χ0n) is 11.9. The predicted octanol–water partition coefficient (Wildman–Crippen LogP) is 3.22. The van der Waals surface area contributed by atoms with Gasteiger partial charge in [0.15, 0.2) is 11.5 Å². The molecule has 1 aliphatic heterocycles. The molecule has 1 atom stereocenters. The first-order valence-corrected chi connectivity index (χ1v) is 7.59. The summed E-state index contributed by atoms with van der Waals surface area (Å²) in [5.41, 5.74) is 2.46. The van der Waals surface area contributed by atoms with E-state index in [1.165, 1.54) is 12.0 Å². The van der Waals surface area contributed by atoms with Gasteiger partial charge in [0.25, 0.3) is 0 Å². The van der Waals surface area contributed by atoms with Gasteiger partial charge in [0.1, 0.15) is 19.0 Å². The summed E-state index contributed by atoms with van der Waals surface area (Å²) in [6.07, 6.45) is 5.17. The Kier molecular flexibility index (Phi) is 3.31. The normalized spacial score (nSPS) is 20.1. The van der Waals surface area contributed by atoms with Crippen molar-refractivity contribution in [2.24, 2.45) is 0 Å². The molecule has 2 aromatic rings. The van der Waals surface area contributed by atoms with Gasteiger partial charge in [0.05, 0.1) is 6.26 Å². The van der Waals surface area contributed by atoms with Crippen molar-refractivity contribution in [3.8, 4) is 11.5 Å². The molecule has 0 bridgehead atoms. The fourth-order valence-electron chi connectivity index (χ4n) is 3.20. The third-order valence-corrected chi connectivity index (χ3v) is 4.24. The minimum absolute atomic E-state index is 0.368. The molecule has 0 fully saturated rings. The van der Waals surface area contributed by atoms with Gasteiger partial charge >= 0.3 is 0 Å². The largest absolute Gasteiger partial charge is 0.486 e. The first-order chi connectivity index (χ1) is 10.4. The number of nitrogens with one attached hydrogen (secondary N) is 1. The van der Waals surface area contributed by atoms with Crippen molar-refractivity contribution in [3.05, 3.63) is 47.4 Å². The van der Waals surface area contributed by atoms with Gasteiger partial charge < -0.3 is 19.2 Å². The standard InChI is InChI=1S/C17H19NO3/c1-3-12(17-16(6-1)20-9-10-21-17)11-18-14-4-2-5-15-13(14)7-8-19-15/h1,3,6-8,14,18H,2,4-5,9-11H2. The number of furan rings is 1. The summed E-state index contributed by atoms with van der Waals surface area (Å²) in [6.45, 7) is 2.03. The van der Waals surface area contributed by atoms with Crippen molar-refractivity contribution >= 4 is 0 Å². The molecule has 1 N–H and O–H groups in total. The maximum atomic E-state index is 5.77. The highest BCUT2D eigenvalue weighted by Crippen LogP contribution is 2.35. The predicted molar refractivity (Wildman–Crippen MR) is 78.7 cm³/mol. The van der Waals surface area contributed by atoms with Gasteiger partial charge in [-0.05, 0) is 25.0 Å². The first kappa shape index (κ1) is 12.8. The fraction of sp³-hybridized carbons (Fsp3) is 0.412. The molecule has 4 heteroatoms. The number of hydrogen-bond donors (Lipinski definition) is 1. The van der Waals surface area contributed by atoms with E-state index in [0.717, 1.165) is 42.2 Å². The third-order valence-electron chi connectivity index (χ3n) is 4.24. The van der Waals surface area contributed by atoms with Crippen molar-refractivity contribution in [3.63, 3.8) is 0 Å². The maximum absolute atomic E-state index is 5.77. The van der Waals surface area contributed by atoms with E-state index in [1.54, 1.807) is 6.26 Å². The average Bonchev–Trinajstić information content (AvgIpc) is 3.02. The molecule has 0 radical (unpaired) electrons. The van der Waals surface area contributed by atoms with Crippen molar-refractivity contribution in [2.45, 2.75) is 31.8 Å². The second-order valence-electron chi connectivity index (χ2n) is 5.57. The number of rotatable bonds is 3. The summed E-state index contributed by atoms with van der Waals surface area (Å²) in [6, 6.07) is 8.54. The van der Waals surface area contributed by atoms with E-state index in [0.29, 0.717) is 19.3 Å². The van der Waals surface area contributed by atoms with E-state index in [1.807, 2.05) is 12.1 Å². The molecule has 1 aliphatic carbocycles. The highest BCUT2D eigenvalue weighted by molar-refractivity contribution is 5.47. The summed E-state index contributed by atoms with van der Waals surface area (Å²) in [5, 5.41) is 3.63. The second-order valence-corrected chi connectivity index (χ2v) is 5.57. The molecule has 4 rings (SSSR count). The second kappa shape index (κ2) is 5.45. The minimum Gasteiger partial charge on any atom is -0.486 e. The Morgan fingerprint density at radius 1 is 1.14 bits per heavy atom. The van der Waals surface area contributed by atoms with Gasteiger partial charge in [0.2, 0.25) is 0 Å². The number of fused-ring (bicyclic) bond motifs is 2. The van der Waals surface area contributed by atoms with Crippen molar-refractivity contribution in [2.75, 3.05) is 13.2 Å². The van der Waals surface area contributed by atoms with Crippen LogP contribution >= 0.6 is 0 Å². The Bertz CT molecular complexity index is 635. The lowest BCUT2D eigenvalue weighted by Gasteiger charge is -2.25. The Balaban J connectivity index is 1.51. The maximum Gasteiger partial charge on any atom is 0.165 e. The van der Waals surface area contributed by atoms with Crippen molar-refractivity contribution < 1.29 is 13.9 Å². The molecule has 110 valence electrons. The third kappa shape index (κ3) is 2.40. The first-order valence-electron chi connectivity index (χ1n) is 7.59. The molecular weight excluding hydrogens is 266 g/mol. The quantitative estimate of drug-likeness (QED) is 0.940. The molecule has 4 nitrogen and oxygen atoms in total. The van der Waals surface area contributed by atoms with Gasteiger partial charge in [-0.3, -0.25) is 0 Å². The molecule has 2 aliphatic rings. The molecule has 1 unspecified atom stereocenters. The Hall–Kier alpha value is -1.94. The molecule has 1 aromatic heterocycles. The molecule has 0 amide bonds. The summed E-state index contributed by atoms with van der Waals surface area (Å²) in [4.78, 5) is 0. The molecule has 21 heavy (non-hydrogen) atoms. The lowest BCUT2D eigenvalue weighted by molar-refractivity contribution is 0.169. The van der Waals surface area contributed by atoms with Crippen LogP contribution in [0.3, 0.4) is 0 Å². The van der Waals surface area contributed by atoms with Crippen LogP contribution in [0.1, 0.15) is 35.8 Å². The van der Waals surface area contributed by atoms with Crippen LogP contribution < -0.4 is 14.8 Å². The van der Waals surface area contributed by atoms with Gasteiger partial charge in [0, 0.05) is 30.1 Å². The molecule has 0 saturated carbocycles. The van der Waals surface area contributed by atoms with E-state index in [9.17, 15) is 0 Å². The Labute approximate surface area is 124 Å². The summed E-state index contributed by atoms with van der Waals surface area (Å²) < 4.78 is 16.9. The van der Waals surface area contributed by atoms with Gasteiger partial charge in [-0.1, -0.05) is 12.1 Å². The SMILES string of the molecule is c1cc(CNC2CCCc3occc32)c2c(c1)OCCO2. The van der Waals surface area contributed by atoms with Crippen LogP contribution in [0.15, 0.2) is 34.9 Å². The topological polar surface area (TPSA) is 43.6 Å². The molecule has 0 spiro atoms. The van der Waals surface area contributed by atoms with E-state index >= 15 is 0 Å². The van der Waals surface area contributed by atoms with E-state index in [2.05, 4.69) is 17.4 Å². The van der Waals surface area contributed by atoms with Crippen LogP contribution in [-0.4, -0.2) is 13.2 Å². The monoisotopic (exact) mass is 285 g/mol. The van der Waals surface area contributed by atoms with Crippen LogP contribution in [-0.2, 0) is 13.0 Å².